The Labute approximate surface area is 451 Å². The molecule has 9 rings (SSSR count). The first-order valence-electron chi connectivity index (χ1n) is 22.0. The zero-order valence-corrected chi connectivity index (χ0v) is 44.6. The highest BCUT2D eigenvalue weighted by Gasteiger charge is 2.27. The van der Waals surface area contributed by atoms with Crippen LogP contribution in [0.2, 0.25) is 25.2 Å². The van der Waals surface area contributed by atoms with Gasteiger partial charge in [-0.25, -0.2) is 14.6 Å². The standard InChI is InChI=1S/C28H23ClNO3P.C10H7Cl2NO.C10H8ClNO2.C8H8ClNO2/c1-33-28(32)25-19-21(29)17-18-26(25)30-27(31)20-34(22-11-5-2-6-12-22,23-13-7-3-8-14-23)24-15-9-4-10-16-24;1-14-9-5-10(12)13-8-3-2-6(11)4-7(8)9;1-14-9-5-10(13)12-8-3-2-6(11)4-7(8)9;1-12-8(11)6-4-5(9)2-3-7(6)10/h2-20H,1H3,(H,30,31);2-5H,1H3;2-5H,1H3,(H,12,13);2-4H,10H2,1H3. The molecule has 0 spiro atoms. The number of H-pyrrole nitrogens is 1. The molecule has 0 unspecified atom stereocenters. The van der Waals surface area contributed by atoms with Crippen molar-refractivity contribution in [3.63, 3.8) is 0 Å². The summed E-state index contributed by atoms with van der Waals surface area (Å²) in [6, 6.07) is 53.2. The van der Waals surface area contributed by atoms with Gasteiger partial charge >= 0.3 is 11.9 Å². The number of hydrogen-bond donors (Lipinski definition) is 3. The van der Waals surface area contributed by atoms with E-state index in [-0.39, 0.29) is 17.0 Å². The van der Waals surface area contributed by atoms with E-state index in [0.29, 0.717) is 53.7 Å². The van der Waals surface area contributed by atoms with Crippen LogP contribution in [-0.4, -0.2) is 62.0 Å². The molecule has 1 amide bonds. The lowest BCUT2D eigenvalue weighted by Crippen LogP contribution is -2.30. The van der Waals surface area contributed by atoms with Crippen molar-refractivity contribution in [3.8, 4) is 11.5 Å². The van der Waals surface area contributed by atoms with Gasteiger partial charge in [-0.2, -0.15) is 0 Å². The van der Waals surface area contributed by atoms with Crippen LogP contribution in [-0.2, 0) is 14.3 Å². The number of methoxy groups -OCH3 is 4. The number of hydrogen-bond acceptors (Lipinski definition) is 10. The fourth-order valence-electron chi connectivity index (χ4n) is 7.39. The number of benzene rings is 7. The van der Waals surface area contributed by atoms with Crippen molar-refractivity contribution in [1.82, 2.24) is 9.97 Å². The molecule has 0 radical (unpaired) electrons. The highest BCUT2D eigenvalue weighted by molar-refractivity contribution is 7.95. The van der Waals surface area contributed by atoms with Crippen LogP contribution in [0.1, 0.15) is 20.7 Å². The number of ether oxygens (including phenoxy) is 4. The number of anilines is 2. The van der Waals surface area contributed by atoms with Gasteiger partial charge in [0.05, 0.1) is 56.3 Å². The number of rotatable bonds is 9. The second-order valence-electron chi connectivity index (χ2n) is 15.5. The molecule has 12 nitrogen and oxygen atoms in total. The second-order valence-corrected chi connectivity index (χ2v) is 20.8. The minimum atomic E-state index is -2.48. The third kappa shape index (κ3) is 14.3. The number of aromatic nitrogens is 2. The first-order chi connectivity index (χ1) is 35.6. The Hall–Kier alpha value is -7.28. The first kappa shape index (κ1) is 56.0. The maximum Gasteiger partial charge on any atom is 0.340 e. The van der Waals surface area contributed by atoms with E-state index in [9.17, 15) is 19.2 Å². The molecule has 74 heavy (non-hydrogen) atoms. The van der Waals surface area contributed by atoms with Crippen LogP contribution in [0.25, 0.3) is 21.8 Å². The van der Waals surface area contributed by atoms with E-state index in [0.717, 1.165) is 37.7 Å². The van der Waals surface area contributed by atoms with Gasteiger partial charge < -0.3 is 35.0 Å². The molecule has 378 valence electrons. The van der Waals surface area contributed by atoms with Crippen molar-refractivity contribution >= 4 is 138 Å². The van der Waals surface area contributed by atoms with Gasteiger partial charge in [0.1, 0.15) is 16.7 Å². The summed E-state index contributed by atoms with van der Waals surface area (Å²) in [5.74, 6) is 1.61. The maximum atomic E-state index is 13.6. The highest BCUT2D eigenvalue weighted by atomic mass is 35.5. The summed E-state index contributed by atoms with van der Waals surface area (Å²) in [6.45, 7) is -2.48. The van der Waals surface area contributed by atoms with E-state index >= 15 is 0 Å². The summed E-state index contributed by atoms with van der Waals surface area (Å²) < 4.78 is 19.6. The van der Waals surface area contributed by atoms with Crippen LogP contribution in [0, 0.1) is 0 Å². The third-order valence-corrected chi connectivity index (χ3v) is 15.9. The number of aromatic amines is 1. The van der Waals surface area contributed by atoms with Gasteiger partial charge in [-0.15, -0.1) is 0 Å². The average molecular weight is 1110 g/mol. The monoisotopic (exact) mass is 1110 g/mol. The predicted molar refractivity (Wildman–Crippen MR) is 304 cm³/mol. The van der Waals surface area contributed by atoms with Crippen molar-refractivity contribution in [2.45, 2.75) is 0 Å². The minimum Gasteiger partial charge on any atom is -0.496 e. The van der Waals surface area contributed by atoms with Gasteiger partial charge in [0.15, 0.2) is 0 Å². The number of nitrogens with zero attached hydrogens (tertiary/aromatic N) is 1. The number of amides is 1. The molecule has 2 aromatic heterocycles. The zero-order chi connectivity index (χ0) is 53.4. The number of carbonyl (C=O) groups excluding carboxylic acids is 3. The van der Waals surface area contributed by atoms with E-state index in [1.165, 1.54) is 39.5 Å². The van der Waals surface area contributed by atoms with E-state index in [1.54, 1.807) is 73.6 Å². The molecule has 0 bridgehead atoms. The summed E-state index contributed by atoms with van der Waals surface area (Å²) in [5.41, 5.74) is 8.02. The summed E-state index contributed by atoms with van der Waals surface area (Å²) in [6.07, 6.45) is 0. The second kappa shape index (κ2) is 26.6. The Kier molecular flexibility index (Phi) is 20.1. The quantitative estimate of drug-likeness (QED) is 0.0547. The molecule has 18 heteroatoms. The number of nitrogens with one attached hydrogen (secondary N) is 2. The SMILES string of the molecule is COC(=O)c1cc(Cl)ccc1N.COC(=O)c1cc(Cl)ccc1NC(=O)C=P(c1ccccc1)(c1ccccc1)c1ccccc1.COc1cc(=O)[nH]c2ccc(Cl)cc12.COc1cc(Cl)nc2ccc(Cl)cc12. The smallest absolute Gasteiger partial charge is 0.340 e. The Morgan fingerprint density at radius 1 is 0.554 bits per heavy atom. The van der Waals surface area contributed by atoms with Crippen LogP contribution in [0.5, 0.6) is 11.5 Å². The van der Waals surface area contributed by atoms with Crippen LogP contribution in [0.15, 0.2) is 181 Å². The molecule has 0 aliphatic rings. The number of esters is 2. The van der Waals surface area contributed by atoms with Crippen LogP contribution < -0.4 is 42.0 Å². The molecule has 9 aromatic rings. The van der Waals surface area contributed by atoms with Crippen molar-refractivity contribution < 1.29 is 33.3 Å². The van der Waals surface area contributed by atoms with Gasteiger partial charge in [0.25, 0.3) is 5.56 Å². The predicted octanol–water partition coefficient (Wildman–Crippen LogP) is 12.3. The average Bonchev–Trinajstić information content (AvgIpc) is 3.42. The molecule has 0 fully saturated rings. The fraction of sp³-hybridized carbons (Fsp3) is 0.0714. The number of carbonyl (C=O) groups is 3. The lowest BCUT2D eigenvalue weighted by atomic mass is 10.2. The Morgan fingerprint density at radius 2 is 1.01 bits per heavy atom. The summed E-state index contributed by atoms with van der Waals surface area (Å²) in [4.78, 5) is 54.9. The normalized spacial score (nSPS) is 10.5. The van der Waals surface area contributed by atoms with Crippen molar-refractivity contribution in [3.05, 3.63) is 223 Å². The summed E-state index contributed by atoms with van der Waals surface area (Å²) in [7, 11) is 5.70. The number of pyridine rings is 2. The van der Waals surface area contributed by atoms with E-state index in [1.807, 2.05) is 60.7 Å². The lowest BCUT2D eigenvalue weighted by Gasteiger charge is -2.28. The zero-order valence-electron chi connectivity index (χ0n) is 39.9. The Bertz CT molecular complexity index is 3450. The Morgan fingerprint density at radius 3 is 1.55 bits per heavy atom. The molecule has 7 aromatic carbocycles. The van der Waals surface area contributed by atoms with Crippen LogP contribution in [0.3, 0.4) is 0 Å². The minimum absolute atomic E-state index is 0.184. The molecular weight excluding hydrogens is 1060 g/mol. The van der Waals surface area contributed by atoms with Crippen molar-refractivity contribution in [2.75, 3.05) is 39.5 Å². The number of fused-ring (bicyclic) bond motifs is 2. The van der Waals surface area contributed by atoms with Gasteiger partial charge in [-0.05, 0) is 95.6 Å². The third-order valence-electron chi connectivity index (χ3n) is 10.8. The van der Waals surface area contributed by atoms with E-state index < -0.39 is 18.8 Å². The summed E-state index contributed by atoms with van der Waals surface area (Å²) in [5, 5.41) is 10.2. The van der Waals surface area contributed by atoms with Gasteiger partial charge in [0, 0.05) is 54.5 Å². The molecule has 0 saturated carbocycles. The van der Waals surface area contributed by atoms with E-state index in [4.69, 9.17) is 77.9 Å². The fourth-order valence-corrected chi connectivity index (χ4v) is 12.0. The highest BCUT2D eigenvalue weighted by Crippen LogP contribution is 2.43. The summed E-state index contributed by atoms with van der Waals surface area (Å²) >= 11 is 29.3. The topological polar surface area (TPSA) is 172 Å². The van der Waals surface area contributed by atoms with E-state index in [2.05, 4.69) is 56.4 Å². The van der Waals surface area contributed by atoms with Gasteiger partial charge in [-0.1, -0.05) is 149 Å². The molecule has 0 aliphatic carbocycles. The van der Waals surface area contributed by atoms with Gasteiger partial charge in [0.2, 0.25) is 5.91 Å². The molecule has 4 N–H and O–H groups in total. The molecule has 2 heterocycles. The number of nitrogen functional groups attached to an aromatic ring is 1. The van der Waals surface area contributed by atoms with Crippen molar-refractivity contribution in [2.24, 2.45) is 0 Å². The first-order valence-corrected chi connectivity index (χ1v) is 25.8. The Balaban J connectivity index is 0.000000183. The molecular formula is C56H46Cl5N4O8P. The largest absolute Gasteiger partial charge is 0.496 e. The molecule has 0 aliphatic heterocycles. The lowest BCUT2D eigenvalue weighted by molar-refractivity contribution is -0.109. The molecule has 0 saturated heterocycles. The number of halogens is 5. The van der Waals surface area contributed by atoms with Crippen molar-refractivity contribution in [1.29, 1.82) is 0 Å². The molecule has 0 atom stereocenters. The maximum absolute atomic E-state index is 13.6. The van der Waals surface area contributed by atoms with Crippen LogP contribution in [0.4, 0.5) is 11.4 Å². The number of nitrogens with two attached hydrogens (primary N) is 1. The van der Waals surface area contributed by atoms with Crippen LogP contribution >= 0.6 is 64.9 Å². The van der Waals surface area contributed by atoms with Gasteiger partial charge in [-0.3, -0.25) is 9.59 Å².